The molecule has 30 heavy (non-hydrogen) atoms. The van der Waals surface area contributed by atoms with E-state index < -0.39 is 0 Å². The minimum absolute atomic E-state index is 0.0159. The van der Waals surface area contributed by atoms with Gasteiger partial charge in [0, 0.05) is 21.0 Å². The summed E-state index contributed by atoms with van der Waals surface area (Å²) in [4.78, 5) is 16.6. The summed E-state index contributed by atoms with van der Waals surface area (Å²) in [7, 11) is 0. The molecule has 5 rings (SSSR count). The zero-order chi connectivity index (χ0) is 20.7. The predicted molar refractivity (Wildman–Crippen MR) is 123 cm³/mol. The normalized spacial score (nSPS) is 25.5. The Balaban J connectivity index is 1.54. The van der Waals surface area contributed by atoms with Gasteiger partial charge in [-0.3, -0.25) is 4.79 Å². The molecule has 154 valence electrons. The van der Waals surface area contributed by atoms with Crippen LogP contribution in [0.1, 0.15) is 29.4 Å². The van der Waals surface area contributed by atoms with Crippen LogP contribution in [0.2, 0.25) is 0 Å². The zero-order valence-corrected chi connectivity index (χ0v) is 18.8. The molecule has 0 spiro atoms. The van der Waals surface area contributed by atoms with E-state index in [9.17, 15) is 4.79 Å². The molecule has 1 amide bonds. The van der Waals surface area contributed by atoms with Gasteiger partial charge in [0.05, 0.1) is 18.7 Å². The maximum atomic E-state index is 13.5. The number of anilines is 1. The fraction of sp³-hybridized carbons (Fsp3) is 0.261. The smallest absolute Gasteiger partial charge is 0.246 e. The maximum Gasteiger partial charge on any atom is 0.246 e. The third-order valence-corrected chi connectivity index (χ3v) is 7.27. The molecule has 4 unspecified atom stereocenters. The number of nitrogens with one attached hydrogen (secondary N) is 2. The van der Waals surface area contributed by atoms with Crippen LogP contribution in [0.4, 0.5) is 5.69 Å². The first-order chi connectivity index (χ1) is 14.7. The van der Waals surface area contributed by atoms with E-state index in [1.54, 1.807) is 11.3 Å². The van der Waals surface area contributed by atoms with Crippen molar-refractivity contribution in [3.8, 4) is 5.75 Å². The van der Waals surface area contributed by atoms with Gasteiger partial charge in [-0.2, -0.15) is 0 Å². The molecule has 0 bridgehead atoms. The zero-order valence-electron chi connectivity index (χ0n) is 16.4. The Labute approximate surface area is 188 Å². The van der Waals surface area contributed by atoms with Crippen LogP contribution in [0, 0.1) is 5.92 Å². The van der Waals surface area contributed by atoms with Gasteiger partial charge < -0.3 is 9.64 Å². The lowest BCUT2D eigenvalue weighted by atomic mass is 9.85. The largest absolute Gasteiger partial charge is 0.494 e. The van der Waals surface area contributed by atoms with Crippen molar-refractivity contribution in [3.63, 3.8) is 0 Å². The van der Waals surface area contributed by atoms with E-state index in [4.69, 9.17) is 4.74 Å². The first-order valence-corrected chi connectivity index (χ1v) is 11.7. The molecule has 0 saturated carbocycles. The number of benzene rings is 2. The molecule has 2 fully saturated rings. The number of nitrogens with zero attached hydrogens (tertiary/aromatic N) is 1. The summed E-state index contributed by atoms with van der Waals surface area (Å²) in [6.45, 7) is 2.62. The van der Waals surface area contributed by atoms with Crippen LogP contribution < -0.4 is 20.5 Å². The topological polar surface area (TPSA) is 53.6 Å². The average molecular weight is 484 g/mol. The number of fused-ring (bicyclic) bond motifs is 1. The van der Waals surface area contributed by atoms with Crippen LogP contribution in [0.5, 0.6) is 5.75 Å². The van der Waals surface area contributed by atoms with Crippen LogP contribution in [0.25, 0.3) is 0 Å². The second-order valence-electron chi connectivity index (χ2n) is 7.47. The highest BCUT2D eigenvalue weighted by molar-refractivity contribution is 9.10. The Bertz CT molecular complexity index is 1020. The number of rotatable bonds is 5. The molecule has 2 saturated heterocycles. The summed E-state index contributed by atoms with van der Waals surface area (Å²) in [5.41, 5.74) is 8.73. The number of carbonyl (C=O) groups is 1. The van der Waals surface area contributed by atoms with Crippen molar-refractivity contribution in [1.29, 1.82) is 0 Å². The standard InChI is InChI=1S/C23H22BrN3O2S/c1-2-29-17-11-5-14(6-12-17)20-19-21(26-25-20)23(28)27(16-9-7-15(24)8-10-16)22(19)18-4-3-13-30-18/h3-13,19-22,25-26H,2H2,1H3. The third kappa shape index (κ3) is 3.36. The highest BCUT2D eigenvalue weighted by atomic mass is 79.9. The monoisotopic (exact) mass is 483 g/mol. The van der Waals surface area contributed by atoms with E-state index in [-0.39, 0.29) is 30.0 Å². The first-order valence-electron chi connectivity index (χ1n) is 10.0. The highest BCUT2D eigenvalue weighted by Crippen LogP contribution is 2.50. The van der Waals surface area contributed by atoms with Crippen molar-refractivity contribution in [1.82, 2.24) is 10.9 Å². The maximum absolute atomic E-state index is 13.5. The number of amides is 1. The van der Waals surface area contributed by atoms with Gasteiger partial charge in [-0.1, -0.05) is 34.1 Å². The molecule has 1 aromatic heterocycles. The number of hydrazine groups is 1. The molecule has 4 atom stereocenters. The summed E-state index contributed by atoms with van der Waals surface area (Å²) in [6, 6.07) is 20.0. The molecule has 7 heteroatoms. The summed E-state index contributed by atoms with van der Waals surface area (Å²) in [5, 5.41) is 2.08. The molecule has 0 radical (unpaired) electrons. The van der Waals surface area contributed by atoms with Crippen LogP contribution in [0.15, 0.2) is 70.5 Å². The molecule has 5 nitrogen and oxygen atoms in total. The Morgan fingerprint density at radius 3 is 2.43 bits per heavy atom. The average Bonchev–Trinajstić information content (AvgIpc) is 3.48. The van der Waals surface area contributed by atoms with Crippen molar-refractivity contribution in [2.24, 2.45) is 5.92 Å². The molecular formula is C23H22BrN3O2S. The second-order valence-corrected chi connectivity index (χ2v) is 9.36. The lowest BCUT2D eigenvalue weighted by Gasteiger charge is -2.30. The van der Waals surface area contributed by atoms with E-state index in [2.05, 4.69) is 56.4 Å². The number of thiophene rings is 1. The lowest BCUT2D eigenvalue weighted by molar-refractivity contribution is -0.119. The van der Waals surface area contributed by atoms with Gasteiger partial charge >= 0.3 is 0 Å². The lowest BCUT2D eigenvalue weighted by Crippen LogP contribution is -2.41. The van der Waals surface area contributed by atoms with Crippen LogP contribution in [0.3, 0.4) is 0 Å². The SMILES string of the molecule is CCOc1ccc(C2NNC3C(=O)N(c4ccc(Br)cc4)C(c4cccs4)C32)cc1. The fourth-order valence-electron chi connectivity index (χ4n) is 4.52. The van der Waals surface area contributed by atoms with Crippen molar-refractivity contribution in [3.05, 3.63) is 81.0 Å². The van der Waals surface area contributed by atoms with Gasteiger partial charge in [-0.05, 0) is 60.3 Å². The Morgan fingerprint density at radius 2 is 1.77 bits per heavy atom. The Kier molecular flexibility index (Phi) is 5.37. The Morgan fingerprint density at radius 1 is 1.03 bits per heavy atom. The van der Waals surface area contributed by atoms with Gasteiger partial charge in [-0.25, -0.2) is 10.9 Å². The molecule has 2 aliphatic heterocycles. The van der Waals surface area contributed by atoms with Crippen LogP contribution in [-0.4, -0.2) is 18.6 Å². The summed E-state index contributed by atoms with van der Waals surface area (Å²) in [5.74, 6) is 1.02. The third-order valence-electron chi connectivity index (χ3n) is 5.80. The van der Waals surface area contributed by atoms with Gasteiger partial charge in [0.1, 0.15) is 11.8 Å². The van der Waals surface area contributed by atoms with Crippen LogP contribution in [-0.2, 0) is 4.79 Å². The van der Waals surface area contributed by atoms with Crippen molar-refractivity contribution < 1.29 is 9.53 Å². The highest BCUT2D eigenvalue weighted by Gasteiger charge is 2.56. The summed E-state index contributed by atoms with van der Waals surface area (Å²) < 4.78 is 6.59. The molecule has 3 heterocycles. The minimum atomic E-state index is -0.280. The first kappa shape index (κ1) is 19.8. The number of hydrogen-bond acceptors (Lipinski definition) is 5. The van der Waals surface area contributed by atoms with Gasteiger partial charge in [-0.15, -0.1) is 11.3 Å². The molecule has 3 aromatic rings. The van der Waals surface area contributed by atoms with E-state index in [0.29, 0.717) is 6.61 Å². The van der Waals surface area contributed by atoms with Crippen molar-refractivity contribution in [2.45, 2.75) is 25.0 Å². The van der Waals surface area contributed by atoms with Crippen molar-refractivity contribution in [2.75, 3.05) is 11.5 Å². The van der Waals surface area contributed by atoms with Crippen molar-refractivity contribution >= 4 is 38.9 Å². The van der Waals surface area contributed by atoms with Gasteiger partial charge in [0.15, 0.2) is 0 Å². The number of hydrogen-bond donors (Lipinski definition) is 2. The minimum Gasteiger partial charge on any atom is -0.494 e. The molecule has 2 N–H and O–H groups in total. The summed E-state index contributed by atoms with van der Waals surface area (Å²) in [6.07, 6.45) is 0. The van der Waals surface area contributed by atoms with Gasteiger partial charge in [0.2, 0.25) is 5.91 Å². The summed E-state index contributed by atoms with van der Waals surface area (Å²) >= 11 is 5.19. The quantitative estimate of drug-likeness (QED) is 0.545. The molecule has 0 aliphatic carbocycles. The second kappa shape index (κ2) is 8.15. The van der Waals surface area contributed by atoms with Crippen LogP contribution >= 0.6 is 27.3 Å². The number of halogens is 1. The molecule has 2 aromatic carbocycles. The van der Waals surface area contributed by atoms with E-state index >= 15 is 0 Å². The van der Waals surface area contributed by atoms with E-state index in [1.807, 2.05) is 48.2 Å². The molecule has 2 aliphatic rings. The molecular weight excluding hydrogens is 462 g/mol. The number of ether oxygens (including phenoxy) is 1. The number of carbonyl (C=O) groups excluding carboxylic acids is 1. The predicted octanol–water partition coefficient (Wildman–Crippen LogP) is 4.83. The van der Waals surface area contributed by atoms with E-state index in [0.717, 1.165) is 21.5 Å². The van der Waals surface area contributed by atoms with E-state index in [1.165, 1.54) is 4.88 Å². The fourth-order valence-corrected chi connectivity index (χ4v) is 5.66. The van der Waals surface area contributed by atoms with Gasteiger partial charge in [0.25, 0.3) is 0 Å². The Hall–Kier alpha value is -2.19.